The summed E-state index contributed by atoms with van der Waals surface area (Å²) in [5.41, 5.74) is 1.80. The molecule has 0 bridgehead atoms. The van der Waals surface area contributed by atoms with E-state index in [0.29, 0.717) is 24.5 Å². The average Bonchev–Trinajstić information content (AvgIpc) is 3.14. The molecule has 0 spiro atoms. The van der Waals surface area contributed by atoms with Gasteiger partial charge in [0.1, 0.15) is 0 Å². The largest absolute Gasteiger partial charge is 0.356 e. The Kier molecular flexibility index (Phi) is 8.60. The third-order valence-electron chi connectivity index (χ3n) is 5.36. The minimum absolute atomic E-state index is 0.0449. The molecule has 0 radical (unpaired) electrons. The molecule has 1 aliphatic heterocycles. The highest BCUT2D eigenvalue weighted by Crippen LogP contribution is 2.27. The van der Waals surface area contributed by atoms with Crippen LogP contribution in [-0.4, -0.2) is 72.4 Å². The zero-order valence-electron chi connectivity index (χ0n) is 18.1. The first-order chi connectivity index (χ1) is 14.6. The van der Waals surface area contributed by atoms with E-state index in [1.807, 2.05) is 25.1 Å². The van der Waals surface area contributed by atoms with Crippen molar-refractivity contribution in [3.05, 3.63) is 23.8 Å². The van der Waals surface area contributed by atoms with E-state index in [9.17, 15) is 9.59 Å². The molecule has 0 atom stereocenters. The van der Waals surface area contributed by atoms with Crippen molar-refractivity contribution < 1.29 is 9.59 Å². The summed E-state index contributed by atoms with van der Waals surface area (Å²) in [5.74, 6) is 0.00244. The molecule has 0 aliphatic carbocycles. The van der Waals surface area contributed by atoms with Crippen molar-refractivity contribution in [3.63, 3.8) is 0 Å². The van der Waals surface area contributed by atoms with Crippen molar-refractivity contribution in [2.45, 2.75) is 39.5 Å². The SMILES string of the molecule is CCCN1CCN(CCCNC(=O)Cc2ccc3nc(NC(=O)CC)sc3c2)CC1. The Labute approximate surface area is 182 Å². The van der Waals surface area contributed by atoms with Gasteiger partial charge in [-0.3, -0.25) is 9.59 Å². The number of carbonyl (C=O) groups is 2. The van der Waals surface area contributed by atoms with Crippen molar-refractivity contribution in [2.75, 3.05) is 51.1 Å². The normalized spacial score (nSPS) is 15.4. The van der Waals surface area contributed by atoms with Crippen LogP contribution in [0.4, 0.5) is 5.13 Å². The molecule has 0 unspecified atom stereocenters. The van der Waals surface area contributed by atoms with E-state index in [-0.39, 0.29) is 11.8 Å². The Balaban J connectivity index is 1.38. The topological polar surface area (TPSA) is 77.6 Å². The zero-order chi connectivity index (χ0) is 21.3. The van der Waals surface area contributed by atoms with E-state index in [4.69, 9.17) is 0 Å². The standard InChI is InChI=1S/C22H33N5O2S/c1-3-9-26-11-13-27(14-12-26)10-5-8-23-21(29)16-17-6-7-18-19(15-17)30-22(24-18)25-20(28)4-2/h6-7,15H,3-5,8-14,16H2,1-2H3,(H,23,29)(H,24,25,28). The van der Waals surface area contributed by atoms with Crippen molar-refractivity contribution >= 4 is 38.5 Å². The molecule has 1 saturated heterocycles. The molecule has 164 valence electrons. The van der Waals surface area contributed by atoms with Crippen molar-refractivity contribution in [1.82, 2.24) is 20.1 Å². The van der Waals surface area contributed by atoms with E-state index in [0.717, 1.165) is 54.9 Å². The van der Waals surface area contributed by atoms with Gasteiger partial charge in [-0.1, -0.05) is 31.3 Å². The molecule has 1 fully saturated rings. The summed E-state index contributed by atoms with van der Waals surface area (Å²) in [7, 11) is 0. The van der Waals surface area contributed by atoms with Gasteiger partial charge in [0.15, 0.2) is 5.13 Å². The summed E-state index contributed by atoms with van der Waals surface area (Å²) in [4.78, 5) is 33.3. The second-order valence-electron chi connectivity index (χ2n) is 7.79. The predicted octanol–water partition coefficient (Wildman–Crippen LogP) is 2.72. The van der Waals surface area contributed by atoms with Gasteiger partial charge in [-0.2, -0.15) is 0 Å². The van der Waals surface area contributed by atoms with Crippen LogP contribution in [0.1, 0.15) is 38.7 Å². The van der Waals surface area contributed by atoms with Gasteiger partial charge in [0.25, 0.3) is 0 Å². The van der Waals surface area contributed by atoms with Gasteiger partial charge in [-0.25, -0.2) is 4.98 Å². The van der Waals surface area contributed by atoms with Crippen LogP contribution in [0.5, 0.6) is 0 Å². The van der Waals surface area contributed by atoms with Crippen molar-refractivity contribution in [3.8, 4) is 0 Å². The molecule has 1 aromatic carbocycles. The Hall–Kier alpha value is -2.03. The number of fused-ring (bicyclic) bond motifs is 1. The lowest BCUT2D eigenvalue weighted by Crippen LogP contribution is -2.47. The Morgan fingerprint density at radius 2 is 1.80 bits per heavy atom. The molecule has 30 heavy (non-hydrogen) atoms. The van der Waals surface area contributed by atoms with Crippen molar-refractivity contribution in [2.24, 2.45) is 0 Å². The molecule has 2 N–H and O–H groups in total. The fourth-order valence-corrected chi connectivity index (χ4v) is 4.62. The monoisotopic (exact) mass is 431 g/mol. The Morgan fingerprint density at radius 1 is 1.07 bits per heavy atom. The second kappa shape index (κ2) is 11.4. The molecule has 8 heteroatoms. The van der Waals surface area contributed by atoms with Gasteiger partial charge in [-0.15, -0.1) is 0 Å². The van der Waals surface area contributed by atoms with Crippen LogP contribution in [-0.2, 0) is 16.0 Å². The smallest absolute Gasteiger partial charge is 0.225 e. The Morgan fingerprint density at radius 3 is 2.50 bits per heavy atom. The lowest BCUT2D eigenvalue weighted by Gasteiger charge is -2.34. The minimum atomic E-state index is -0.0449. The van der Waals surface area contributed by atoms with Crippen LogP contribution < -0.4 is 10.6 Å². The summed E-state index contributed by atoms with van der Waals surface area (Å²) in [6.45, 7) is 11.6. The quantitative estimate of drug-likeness (QED) is 0.566. The van der Waals surface area contributed by atoms with Crippen LogP contribution in [0.25, 0.3) is 10.2 Å². The van der Waals surface area contributed by atoms with Crippen LogP contribution in [0.2, 0.25) is 0 Å². The molecule has 3 rings (SSSR count). The number of thiazole rings is 1. The number of anilines is 1. The fourth-order valence-electron chi connectivity index (χ4n) is 3.67. The number of amides is 2. The number of piperazine rings is 1. The number of rotatable bonds is 10. The number of hydrogen-bond donors (Lipinski definition) is 2. The maximum absolute atomic E-state index is 12.3. The highest BCUT2D eigenvalue weighted by molar-refractivity contribution is 7.22. The maximum atomic E-state index is 12.3. The van der Waals surface area contributed by atoms with Crippen LogP contribution >= 0.6 is 11.3 Å². The lowest BCUT2D eigenvalue weighted by atomic mass is 10.1. The minimum Gasteiger partial charge on any atom is -0.356 e. The average molecular weight is 432 g/mol. The van der Waals surface area contributed by atoms with Gasteiger partial charge in [0, 0.05) is 39.1 Å². The number of aromatic nitrogens is 1. The molecule has 2 aromatic rings. The molecule has 1 aromatic heterocycles. The molecule has 2 heterocycles. The number of hydrogen-bond acceptors (Lipinski definition) is 6. The Bertz CT molecular complexity index is 845. The summed E-state index contributed by atoms with van der Waals surface area (Å²) < 4.78 is 0.980. The first-order valence-electron chi connectivity index (χ1n) is 11.0. The third kappa shape index (κ3) is 6.75. The molecule has 2 amide bonds. The van der Waals surface area contributed by atoms with Crippen molar-refractivity contribution in [1.29, 1.82) is 0 Å². The highest BCUT2D eigenvalue weighted by Gasteiger charge is 2.15. The van der Waals surface area contributed by atoms with Crippen LogP contribution in [0, 0.1) is 0 Å². The summed E-state index contributed by atoms with van der Waals surface area (Å²) >= 11 is 1.44. The third-order valence-corrected chi connectivity index (χ3v) is 6.30. The van der Waals surface area contributed by atoms with Gasteiger partial charge in [-0.05, 0) is 43.6 Å². The lowest BCUT2D eigenvalue weighted by molar-refractivity contribution is -0.120. The van der Waals surface area contributed by atoms with E-state index in [2.05, 4.69) is 32.3 Å². The first-order valence-corrected chi connectivity index (χ1v) is 11.8. The molecule has 7 nitrogen and oxygen atoms in total. The fraction of sp³-hybridized carbons (Fsp3) is 0.591. The first kappa shape index (κ1) is 22.7. The number of benzene rings is 1. The summed E-state index contributed by atoms with van der Waals surface area (Å²) in [5, 5.41) is 6.44. The van der Waals surface area contributed by atoms with E-state index in [1.165, 1.54) is 24.3 Å². The summed E-state index contributed by atoms with van der Waals surface area (Å²) in [6, 6.07) is 5.83. The van der Waals surface area contributed by atoms with Gasteiger partial charge in [0.05, 0.1) is 16.6 Å². The number of nitrogens with zero attached hydrogens (tertiary/aromatic N) is 3. The van der Waals surface area contributed by atoms with Gasteiger partial charge < -0.3 is 20.4 Å². The zero-order valence-corrected chi connectivity index (χ0v) is 18.9. The molecular formula is C22H33N5O2S. The summed E-state index contributed by atoms with van der Waals surface area (Å²) in [6.07, 6.45) is 2.99. The van der Waals surface area contributed by atoms with E-state index < -0.39 is 0 Å². The number of carbonyl (C=O) groups excluding carboxylic acids is 2. The number of nitrogens with one attached hydrogen (secondary N) is 2. The molecular weight excluding hydrogens is 398 g/mol. The van der Waals surface area contributed by atoms with E-state index in [1.54, 1.807) is 0 Å². The molecule has 1 aliphatic rings. The predicted molar refractivity (Wildman–Crippen MR) is 123 cm³/mol. The van der Waals surface area contributed by atoms with Crippen LogP contribution in [0.15, 0.2) is 18.2 Å². The molecule has 0 saturated carbocycles. The van der Waals surface area contributed by atoms with E-state index >= 15 is 0 Å². The van der Waals surface area contributed by atoms with Gasteiger partial charge >= 0.3 is 0 Å². The maximum Gasteiger partial charge on any atom is 0.225 e. The van der Waals surface area contributed by atoms with Crippen LogP contribution in [0.3, 0.4) is 0 Å². The highest BCUT2D eigenvalue weighted by atomic mass is 32.1. The second-order valence-corrected chi connectivity index (χ2v) is 8.82. The van der Waals surface area contributed by atoms with Gasteiger partial charge in [0.2, 0.25) is 11.8 Å².